The summed E-state index contributed by atoms with van der Waals surface area (Å²) in [5.41, 5.74) is 5.20. The normalized spacial score (nSPS) is 13.2. The Morgan fingerprint density at radius 3 is 2.67 bits per heavy atom. The molecule has 1 atom stereocenters. The largest absolute Gasteiger partial charge is 0.445 e. The zero-order chi connectivity index (χ0) is 13.6. The van der Waals surface area contributed by atoms with E-state index in [0.717, 1.165) is 0 Å². The maximum Gasteiger partial charge on any atom is 0.408 e. The van der Waals surface area contributed by atoms with Crippen LogP contribution in [0.3, 0.4) is 0 Å². The van der Waals surface area contributed by atoms with Gasteiger partial charge in [-0.05, 0) is 12.5 Å². The number of ether oxygens (including phenoxy) is 1. The van der Waals surface area contributed by atoms with Gasteiger partial charge in [-0.1, -0.05) is 43.0 Å². The molecule has 0 radical (unpaired) electrons. The molecule has 1 unspecified atom stereocenters. The number of alkyl carbamates (subject to hydrolysis) is 1. The molecule has 0 saturated heterocycles. The molecule has 5 heteroatoms. The highest BCUT2D eigenvalue weighted by Gasteiger charge is 2.32. The lowest BCUT2D eigenvalue weighted by Crippen LogP contribution is -2.52. The molecule has 0 aliphatic carbocycles. The zero-order valence-electron chi connectivity index (χ0n) is 10.3. The van der Waals surface area contributed by atoms with Crippen molar-refractivity contribution in [2.24, 2.45) is 5.73 Å². The molecule has 0 aliphatic heterocycles. The number of nitrogens with two attached hydrogens (primary N) is 1. The lowest BCUT2D eigenvalue weighted by Gasteiger charge is -2.29. The molecule has 0 heterocycles. The number of hydrogen-bond donors (Lipinski definition) is 3. The van der Waals surface area contributed by atoms with E-state index in [-0.39, 0.29) is 12.4 Å². The second-order valence-corrected chi connectivity index (χ2v) is 3.92. The lowest BCUT2D eigenvalue weighted by atomic mass is 9.91. The van der Waals surface area contributed by atoms with Gasteiger partial charge < -0.3 is 15.8 Å². The standard InChI is InChI=1S/C13H17N3O2/c1-3-9-18-12(17)16-13(2,11(14)15)10-7-5-4-6-8-10/h3-8H,1,9H2,2H3,(H3,14,15)(H,16,17). The number of benzene rings is 1. The van der Waals surface area contributed by atoms with Crippen LogP contribution in [0.1, 0.15) is 12.5 Å². The second kappa shape index (κ2) is 5.86. The molecule has 4 N–H and O–H groups in total. The van der Waals surface area contributed by atoms with Crippen LogP contribution < -0.4 is 11.1 Å². The van der Waals surface area contributed by atoms with E-state index in [0.29, 0.717) is 5.56 Å². The Hall–Kier alpha value is -2.30. The summed E-state index contributed by atoms with van der Waals surface area (Å²) in [7, 11) is 0. The molecule has 0 spiro atoms. The number of carbonyl (C=O) groups is 1. The van der Waals surface area contributed by atoms with E-state index < -0.39 is 11.6 Å². The number of nitrogens with one attached hydrogen (secondary N) is 2. The van der Waals surface area contributed by atoms with Crippen molar-refractivity contribution in [3.63, 3.8) is 0 Å². The Morgan fingerprint density at radius 1 is 1.56 bits per heavy atom. The zero-order valence-corrected chi connectivity index (χ0v) is 10.3. The fourth-order valence-electron chi connectivity index (χ4n) is 1.44. The first-order chi connectivity index (χ1) is 8.50. The number of amidine groups is 1. The van der Waals surface area contributed by atoms with E-state index in [2.05, 4.69) is 11.9 Å². The summed E-state index contributed by atoms with van der Waals surface area (Å²) < 4.78 is 4.84. The fourth-order valence-corrected chi connectivity index (χ4v) is 1.44. The van der Waals surface area contributed by atoms with Crippen LogP contribution in [0.2, 0.25) is 0 Å². The van der Waals surface area contributed by atoms with Gasteiger partial charge >= 0.3 is 6.09 Å². The SMILES string of the molecule is C=CCOC(=O)NC(C)(C(=N)N)c1ccccc1. The van der Waals surface area contributed by atoms with Crippen molar-refractivity contribution in [2.75, 3.05) is 6.61 Å². The summed E-state index contributed by atoms with van der Waals surface area (Å²) in [4.78, 5) is 11.6. The first kappa shape index (κ1) is 13.8. The van der Waals surface area contributed by atoms with Crippen LogP contribution in [0.25, 0.3) is 0 Å². The molecule has 0 aromatic heterocycles. The Morgan fingerprint density at radius 2 is 2.17 bits per heavy atom. The van der Waals surface area contributed by atoms with Crippen LogP contribution >= 0.6 is 0 Å². The van der Waals surface area contributed by atoms with Gasteiger partial charge in [0.1, 0.15) is 18.0 Å². The van der Waals surface area contributed by atoms with Gasteiger partial charge in [0.2, 0.25) is 0 Å². The molecule has 96 valence electrons. The minimum atomic E-state index is -1.08. The lowest BCUT2D eigenvalue weighted by molar-refractivity contribution is 0.151. The third-order valence-electron chi connectivity index (χ3n) is 2.57. The molecule has 0 bridgehead atoms. The maximum atomic E-state index is 11.6. The summed E-state index contributed by atoms with van der Waals surface area (Å²) in [5, 5.41) is 10.2. The van der Waals surface area contributed by atoms with Crippen LogP contribution in [0.4, 0.5) is 4.79 Å². The molecule has 0 saturated carbocycles. The fraction of sp³-hybridized carbons (Fsp3) is 0.231. The topological polar surface area (TPSA) is 88.2 Å². The van der Waals surface area contributed by atoms with Gasteiger partial charge in [-0.3, -0.25) is 5.41 Å². The average molecular weight is 247 g/mol. The number of amides is 1. The highest BCUT2D eigenvalue weighted by atomic mass is 16.5. The van der Waals surface area contributed by atoms with Crippen LogP contribution in [0.15, 0.2) is 43.0 Å². The van der Waals surface area contributed by atoms with Gasteiger partial charge in [0.05, 0.1) is 0 Å². The van der Waals surface area contributed by atoms with Gasteiger partial charge in [0, 0.05) is 0 Å². The minimum Gasteiger partial charge on any atom is -0.445 e. The van der Waals surface area contributed by atoms with Gasteiger partial charge in [-0.2, -0.15) is 0 Å². The molecule has 1 aromatic rings. The van der Waals surface area contributed by atoms with E-state index in [4.69, 9.17) is 15.9 Å². The van der Waals surface area contributed by atoms with Crippen molar-refractivity contribution in [3.8, 4) is 0 Å². The van der Waals surface area contributed by atoms with Gasteiger partial charge in [0.25, 0.3) is 0 Å². The first-order valence-corrected chi connectivity index (χ1v) is 5.46. The van der Waals surface area contributed by atoms with E-state index in [9.17, 15) is 4.79 Å². The van der Waals surface area contributed by atoms with E-state index in [1.54, 1.807) is 19.1 Å². The predicted octanol–water partition coefficient (Wildman–Crippen LogP) is 1.75. The second-order valence-electron chi connectivity index (χ2n) is 3.92. The summed E-state index contributed by atoms with van der Waals surface area (Å²) >= 11 is 0. The first-order valence-electron chi connectivity index (χ1n) is 5.46. The van der Waals surface area contributed by atoms with E-state index >= 15 is 0 Å². The molecular weight excluding hydrogens is 230 g/mol. The minimum absolute atomic E-state index is 0.106. The van der Waals surface area contributed by atoms with Crippen molar-refractivity contribution in [1.29, 1.82) is 5.41 Å². The van der Waals surface area contributed by atoms with Crippen molar-refractivity contribution in [3.05, 3.63) is 48.6 Å². The van der Waals surface area contributed by atoms with E-state index in [1.807, 2.05) is 18.2 Å². The molecular formula is C13H17N3O2. The Bertz CT molecular complexity index is 445. The monoisotopic (exact) mass is 247 g/mol. The van der Waals surface area contributed by atoms with Crippen molar-refractivity contribution >= 4 is 11.9 Å². The average Bonchev–Trinajstić information content (AvgIpc) is 2.37. The smallest absolute Gasteiger partial charge is 0.408 e. The van der Waals surface area contributed by atoms with Gasteiger partial charge in [-0.15, -0.1) is 0 Å². The van der Waals surface area contributed by atoms with Crippen molar-refractivity contribution in [2.45, 2.75) is 12.5 Å². The Balaban J connectivity index is 2.92. The van der Waals surface area contributed by atoms with Gasteiger partial charge in [0.15, 0.2) is 0 Å². The number of carbonyl (C=O) groups excluding carboxylic acids is 1. The summed E-state index contributed by atoms with van der Waals surface area (Å²) in [6.45, 7) is 5.21. The molecule has 1 rings (SSSR count). The molecule has 0 fully saturated rings. The van der Waals surface area contributed by atoms with Crippen LogP contribution in [0, 0.1) is 5.41 Å². The maximum absolute atomic E-state index is 11.6. The van der Waals surface area contributed by atoms with Gasteiger partial charge in [-0.25, -0.2) is 4.79 Å². The number of rotatable bonds is 5. The van der Waals surface area contributed by atoms with Crippen LogP contribution in [-0.4, -0.2) is 18.5 Å². The molecule has 1 aromatic carbocycles. The highest BCUT2D eigenvalue weighted by molar-refractivity contribution is 5.91. The quantitative estimate of drug-likeness (QED) is 0.421. The van der Waals surface area contributed by atoms with Crippen LogP contribution in [0.5, 0.6) is 0 Å². The molecule has 1 amide bonds. The molecule has 0 aliphatic rings. The van der Waals surface area contributed by atoms with Crippen molar-refractivity contribution in [1.82, 2.24) is 5.32 Å². The summed E-state index contributed by atoms with van der Waals surface area (Å²) in [6.07, 6.45) is 0.823. The number of hydrogen-bond acceptors (Lipinski definition) is 3. The Kier molecular flexibility index (Phi) is 4.48. The third kappa shape index (κ3) is 3.10. The summed E-state index contributed by atoms with van der Waals surface area (Å²) in [6, 6.07) is 9.05. The summed E-state index contributed by atoms with van der Waals surface area (Å²) in [5.74, 6) is -0.163. The predicted molar refractivity (Wildman–Crippen MR) is 70.4 cm³/mol. The van der Waals surface area contributed by atoms with Crippen molar-refractivity contribution < 1.29 is 9.53 Å². The highest BCUT2D eigenvalue weighted by Crippen LogP contribution is 2.20. The van der Waals surface area contributed by atoms with Crippen LogP contribution in [-0.2, 0) is 10.3 Å². The molecule has 5 nitrogen and oxygen atoms in total. The molecule has 18 heavy (non-hydrogen) atoms. The Labute approximate surface area is 106 Å². The van der Waals surface area contributed by atoms with E-state index in [1.165, 1.54) is 6.08 Å². The third-order valence-corrected chi connectivity index (χ3v) is 2.57.